The molecular weight excluding hydrogens is 464 g/mol. The minimum Gasteiger partial charge on any atom is -0.444 e. The van der Waals surface area contributed by atoms with E-state index >= 15 is 0 Å². The standard InChI is InChI=1S/C19H17BrN4O2S.ClH/c1-13-4-2-5-15-17(13)22-19(27-15)24(10-3-9-23-11-8-21-12-23)18(25)14-6-7-16(20)26-14;/h2,4-8,11-12H,3,9-10H2,1H3;1H. The van der Waals surface area contributed by atoms with E-state index in [-0.39, 0.29) is 18.3 Å². The molecule has 0 aliphatic carbocycles. The zero-order chi connectivity index (χ0) is 18.8. The van der Waals surface area contributed by atoms with Crippen molar-refractivity contribution in [1.29, 1.82) is 0 Å². The monoisotopic (exact) mass is 480 g/mol. The maximum atomic E-state index is 13.1. The number of thiazole rings is 1. The fourth-order valence-corrected chi connectivity index (χ4v) is 4.24. The van der Waals surface area contributed by atoms with Crippen molar-refractivity contribution in [3.8, 4) is 0 Å². The molecule has 0 radical (unpaired) electrons. The summed E-state index contributed by atoms with van der Waals surface area (Å²) in [6, 6.07) is 9.46. The summed E-state index contributed by atoms with van der Waals surface area (Å²) in [4.78, 5) is 23.6. The molecule has 3 aromatic heterocycles. The lowest BCUT2D eigenvalue weighted by atomic mass is 10.2. The molecule has 3 heterocycles. The van der Waals surface area contributed by atoms with Crippen molar-refractivity contribution in [2.45, 2.75) is 19.9 Å². The van der Waals surface area contributed by atoms with Crippen LogP contribution >= 0.6 is 39.7 Å². The topological polar surface area (TPSA) is 64.2 Å². The Morgan fingerprint density at radius 3 is 2.86 bits per heavy atom. The Morgan fingerprint density at radius 2 is 2.18 bits per heavy atom. The normalized spacial score (nSPS) is 10.8. The van der Waals surface area contributed by atoms with Crippen molar-refractivity contribution in [3.63, 3.8) is 0 Å². The minimum absolute atomic E-state index is 0. The smallest absolute Gasteiger partial charge is 0.295 e. The number of anilines is 1. The highest BCUT2D eigenvalue weighted by Crippen LogP contribution is 2.32. The van der Waals surface area contributed by atoms with Crippen LogP contribution in [0.25, 0.3) is 10.2 Å². The number of halogens is 2. The fourth-order valence-electron chi connectivity index (χ4n) is 2.87. The van der Waals surface area contributed by atoms with Crippen LogP contribution in [0.4, 0.5) is 5.13 Å². The number of aromatic nitrogens is 3. The highest BCUT2D eigenvalue weighted by atomic mass is 79.9. The van der Waals surface area contributed by atoms with E-state index in [1.807, 2.05) is 35.9 Å². The Bertz CT molecular complexity index is 1080. The van der Waals surface area contributed by atoms with Crippen molar-refractivity contribution in [3.05, 3.63) is 65.0 Å². The molecule has 4 rings (SSSR count). The Labute approximate surface area is 180 Å². The molecule has 0 fully saturated rings. The lowest BCUT2D eigenvalue weighted by Crippen LogP contribution is -2.32. The fraction of sp³-hybridized carbons (Fsp3) is 0.211. The highest BCUT2D eigenvalue weighted by molar-refractivity contribution is 9.10. The Balaban J connectivity index is 0.00000225. The van der Waals surface area contributed by atoms with E-state index < -0.39 is 0 Å². The van der Waals surface area contributed by atoms with Crippen LogP contribution in [-0.4, -0.2) is 27.0 Å². The summed E-state index contributed by atoms with van der Waals surface area (Å²) in [6.07, 6.45) is 6.21. The van der Waals surface area contributed by atoms with E-state index in [4.69, 9.17) is 9.40 Å². The quantitative estimate of drug-likeness (QED) is 0.374. The van der Waals surface area contributed by atoms with Gasteiger partial charge in [0.1, 0.15) is 0 Å². The first-order valence-corrected chi connectivity index (χ1v) is 10.1. The van der Waals surface area contributed by atoms with Crippen molar-refractivity contribution >= 4 is 60.9 Å². The van der Waals surface area contributed by atoms with E-state index in [0.29, 0.717) is 22.1 Å². The number of aryl methyl sites for hydroxylation is 2. The summed E-state index contributed by atoms with van der Waals surface area (Å²) < 4.78 is 9.08. The van der Waals surface area contributed by atoms with Crippen molar-refractivity contribution in [2.24, 2.45) is 0 Å². The van der Waals surface area contributed by atoms with Gasteiger partial charge in [0.05, 0.1) is 16.5 Å². The van der Waals surface area contributed by atoms with Crippen molar-refractivity contribution in [1.82, 2.24) is 14.5 Å². The maximum Gasteiger partial charge on any atom is 0.295 e. The van der Waals surface area contributed by atoms with Crippen molar-refractivity contribution < 1.29 is 9.21 Å². The van der Waals surface area contributed by atoms with Gasteiger partial charge in [-0.2, -0.15) is 0 Å². The van der Waals surface area contributed by atoms with Gasteiger partial charge >= 0.3 is 0 Å². The van der Waals surface area contributed by atoms with Gasteiger partial charge < -0.3 is 8.98 Å². The number of carbonyl (C=O) groups is 1. The Hall–Kier alpha value is -2.16. The van der Waals surface area contributed by atoms with Crippen molar-refractivity contribution in [2.75, 3.05) is 11.4 Å². The molecule has 0 aliphatic heterocycles. The molecule has 1 amide bonds. The summed E-state index contributed by atoms with van der Waals surface area (Å²) in [5, 5.41) is 0.683. The van der Waals surface area contributed by atoms with Crippen LogP contribution in [0, 0.1) is 6.92 Å². The van der Waals surface area contributed by atoms with Crippen LogP contribution < -0.4 is 4.90 Å². The molecule has 9 heteroatoms. The summed E-state index contributed by atoms with van der Waals surface area (Å²) in [7, 11) is 0. The Kier molecular flexibility index (Phi) is 6.53. The van der Waals surface area contributed by atoms with E-state index in [1.54, 1.807) is 29.6 Å². The number of hydrogen-bond acceptors (Lipinski definition) is 5. The number of benzene rings is 1. The number of rotatable bonds is 6. The molecular formula is C19H18BrClN4O2S. The molecule has 0 bridgehead atoms. The molecule has 0 spiro atoms. The summed E-state index contributed by atoms with van der Waals surface area (Å²) in [5.41, 5.74) is 2.03. The third kappa shape index (κ3) is 4.29. The van der Waals surface area contributed by atoms with E-state index in [9.17, 15) is 4.79 Å². The number of hydrogen-bond donors (Lipinski definition) is 0. The minimum atomic E-state index is -0.192. The second kappa shape index (κ2) is 8.89. The maximum absolute atomic E-state index is 13.1. The molecule has 0 aliphatic rings. The summed E-state index contributed by atoms with van der Waals surface area (Å²) in [6.45, 7) is 3.34. The molecule has 4 aromatic rings. The largest absolute Gasteiger partial charge is 0.444 e. The van der Waals surface area contributed by atoms with Gasteiger partial charge in [-0.15, -0.1) is 12.4 Å². The first-order valence-electron chi connectivity index (χ1n) is 8.51. The second-order valence-electron chi connectivity index (χ2n) is 6.13. The molecule has 0 saturated heterocycles. The van der Waals surface area contributed by atoms with E-state index in [2.05, 4.69) is 20.9 Å². The van der Waals surface area contributed by atoms with Gasteiger partial charge in [-0.25, -0.2) is 9.97 Å². The van der Waals surface area contributed by atoms with Crippen LogP contribution in [-0.2, 0) is 6.54 Å². The van der Waals surface area contributed by atoms with Gasteiger partial charge in [0.2, 0.25) is 0 Å². The molecule has 0 unspecified atom stereocenters. The van der Waals surface area contributed by atoms with Crippen LogP contribution in [0.5, 0.6) is 0 Å². The van der Waals surface area contributed by atoms with Gasteiger partial charge in [0.15, 0.2) is 15.6 Å². The lowest BCUT2D eigenvalue weighted by Gasteiger charge is -2.18. The van der Waals surface area contributed by atoms with Gasteiger partial charge in [0.25, 0.3) is 5.91 Å². The van der Waals surface area contributed by atoms with E-state index in [0.717, 1.165) is 28.7 Å². The zero-order valence-corrected chi connectivity index (χ0v) is 18.3. The first kappa shape index (κ1) is 20.6. The number of para-hydroxylation sites is 1. The molecule has 1 aromatic carbocycles. The SMILES string of the molecule is Cc1cccc2sc(N(CCCn3ccnc3)C(=O)c3ccc(Br)o3)nc12.Cl. The predicted molar refractivity (Wildman–Crippen MR) is 117 cm³/mol. The number of carbonyl (C=O) groups excluding carboxylic acids is 1. The van der Waals surface area contributed by atoms with Gasteiger partial charge in [-0.05, 0) is 53.0 Å². The van der Waals surface area contributed by atoms with Crippen LogP contribution in [0.1, 0.15) is 22.5 Å². The van der Waals surface area contributed by atoms with Gasteiger partial charge in [0, 0.05) is 25.5 Å². The number of fused-ring (bicyclic) bond motifs is 1. The predicted octanol–water partition coefficient (Wildman–Crippen LogP) is 5.32. The third-order valence-corrected chi connectivity index (χ3v) is 5.70. The number of nitrogens with zero attached hydrogens (tertiary/aromatic N) is 4. The first-order chi connectivity index (χ1) is 13.1. The Morgan fingerprint density at radius 1 is 1.32 bits per heavy atom. The summed E-state index contributed by atoms with van der Waals surface area (Å²) >= 11 is 4.78. The van der Waals surface area contributed by atoms with Crippen LogP contribution in [0.2, 0.25) is 0 Å². The molecule has 6 nitrogen and oxygen atoms in total. The average molecular weight is 482 g/mol. The summed E-state index contributed by atoms with van der Waals surface area (Å²) in [5.74, 6) is 0.100. The molecule has 146 valence electrons. The van der Waals surface area contributed by atoms with Crippen LogP contribution in [0.3, 0.4) is 0 Å². The molecule has 0 atom stereocenters. The van der Waals surface area contributed by atoms with Gasteiger partial charge in [-0.1, -0.05) is 23.5 Å². The number of amides is 1. The second-order valence-corrected chi connectivity index (χ2v) is 7.92. The highest BCUT2D eigenvalue weighted by Gasteiger charge is 2.24. The van der Waals surface area contributed by atoms with Gasteiger partial charge in [-0.3, -0.25) is 9.69 Å². The molecule has 0 saturated carbocycles. The zero-order valence-electron chi connectivity index (χ0n) is 15.0. The van der Waals surface area contributed by atoms with E-state index in [1.165, 1.54) is 11.3 Å². The third-order valence-electron chi connectivity index (χ3n) is 4.23. The average Bonchev–Trinajstić information content (AvgIpc) is 3.39. The molecule has 0 N–H and O–H groups in total. The lowest BCUT2D eigenvalue weighted by molar-refractivity contribution is 0.0958. The number of furan rings is 1. The molecule has 28 heavy (non-hydrogen) atoms. The number of imidazole rings is 1. The van der Waals surface area contributed by atoms with Crippen LogP contribution in [0.15, 0.2) is 58.1 Å².